The summed E-state index contributed by atoms with van der Waals surface area (Å²) in [5.41, 5.74) is 2.63. The van der Waals surface area contributed by atoms with E-state index in [-0.39, 0.29) is 23.7 Å². The highest BCUT2D eigenvalue weighted by atomic mass is 32.1. The van der Waals surface area contributed by atoms with Gasteiger partial charge >= 0.3 is 0 Å². The van der Waals surface area contributed by atoms with Crippen LogP contribution < -0.4 is 10.2 Å². The largest absolute Gasteiger partial charge is 0.506 e. The molecule has 5 rings (SSSR count). The molecule has 154 valence electrons. The number of thiocarbonyl (C=S) groups is 1. The Bertz CT molecular complexity index is 1240. The minimum atomic E-state index is -0.370. The van der Waals surface area contributed by atoms with Gasteiger partial charge in [-0.2, -0.15) is 0 Å². The fourth-order valence-corrected chi connectivity index (χ4v) is 4.42. The summed E-state index contributed by atoms with van der Waals surface area (Å²) in [6, 6.07) is 22.5. The number of aromatic nitrogens is 2. The van der Waals surface area contributed by atoms with Crippen LogP contribution in [0.2, 0.25) is 0 Å². The average molecular weight is 431 g/mol. The van der Waals surface area contributed by atoms with Gasteiger partial charge in [0.2, 0.25) is 0 Å². The van der Waals surface area contributed by atoms with Crippen molar-refractivity contribution in [3.05, 3.63) is 108 Å². The molecule has 2 N–H and O–H groups in total. The third kappa shape index (κ3) is 3.33. The van der Waals surface area contributed by atoms with Crippen LogP contribution in [0, 0.1) is 5.82 Å². The topological polar surface area (TPSA) is 53.3 Å². The number of phenols is 1. The Morgan fingerprint density at radius 1 is 0.903 bits per heavy atom. The van der Waals surface area contributed by atoms with Crippen molar-refractivity contribution >= 4 is 23.0 Å². The van der Waals surface area contributed by atoms with Gasteiger partial charge in [-0.3, -0.25) is 4.98 Å². The number of hydrogen-bond donors (Lipinski definition) is 2. The molecule has 1 aliphatic heterocycles. The van der Waals surface area contributed by atoms with Crippen LogP contribution in [0.5, 0.6) is 5.75 Å². The molecule has 2 aromatic heterocycles. The van der Waals surface area contributed by atoms with Crippen molar-refractivity contribution in [2.24, 2.45) is 0 Å². The second kappa shape index (κ2) is 7.85. The minimum Gasteiger partial charge on any atom is -0.506 e. The number of nitrogens with zero attached hydrogens (tertiary/aromatic N) is 3. The Morgan fingerprint density at radius 2 is 1.65 bits per heavy atom. The number of hydrogen-bond acceptors (Lipinski definition) is 3. The quantitative estimate of drug-likeness (QED) is 0.452. The smallest absolute Gasteiger partial charge is 0.174 e. The molecular weight excluding hydrogens is 411 g/mol. The van der Waals surface area contributed by atoms with E-state index in [1.165, 1.54) is 6.07 Å². The van der Waals surface area contributed by atoms with E-state index < -0.39 is 0 Å². The zero-order valence-corrected chi connectivity index (χ0v) is 17.2. The predicted octanol–water partition coefficient (Wildman–Crippen LogP) is 4.89. The van der Waals surface area contributed by atoms with E-state index in [9.17, 15) is 9.50 Å². The summed E-state index contributed by atoms with van der Waals surface area (Å²) in [5, 5.41) is 14.4. The molecule has 2 unspecified atom stereocenters. The number of aromatic hydroxyl groups is 1. The van der Waals surface area contributed by atoms with E-state index in [4.69, 9.17) is 12.2 Å². The summed E-state index contributed by atoms with van der Waals surface area (Å²) in [7, 11) is 0. The third-order valence-corrected chi connectivity index (χ3v) is 5.75. The van der Waals surface area contributed by atoms with Gasteiger partial charge in [0.15, 0.2) is 5.11 Å². The fourth-order valence-electron chi connectivity index (χ4n) is 4.08. The van der Waals surface area contributed by atoms with Crippen LogP contribution >= 0.6 is 12.2 Å². The SMILES string of the molecule is Oc1ccccc1N1C(=S)NC(c2ccccn2)C1c1cccn1-c1ccccc1F. The van der Waals surface area contributed by atoms with Crippen LogP contribution in [-0.2, 0) is 0 Å². The maximum atomic E-state index is 14.7. The van der Waals surface area contributed by atoms with E-state index in [2.05, 4.69) is 10.3 Å². The van der Waals surface area contributed by atoms with Crippen molar-refractivity contribution in [1.82, 2.24) is 14.9 Å². The summed E-state index contributed by atoms with van der Waals surface area (Å²) in [4.78, 5) is 6.40. The molecule has 0 amide bonds. The number of anilines is 1. The minimum absolute atomic E-state index is 0.113. The van der Waals surface area contributed by atoms with Gasteiger partial charge in [-0.05, 0) is 60.7 Å². The lowest BCUT2D eigenvalue weighted by molar-refractivity contribution is 0.471. The summed E-state index contributed by atoms with van der Waals surface area (Å²) in [6.07, 6.45) is 3.56. The Morgan fingerprint density at radius 3 is 2.39 bits per heavy atom. The van der Waals surface area contributed by atoms with E-state index in [0.29, 0.717) is 16.5 Å². The first kappa shape index (κ1) is 19.3. The zero-order chi connectivity index (χ0) is 21.4. The zero-order valence-electron chi connectivity index (χ0n) is 16.4. The van der Waals surface area contributed by atoms with Crippen molar-refractivity contribution in [1.29, 1.82) is 0 Å². The van der Waals surface area contributed by atoms with Gasteiger partial charge in [0, 0.05) is 18.1 Å². The number of nitrogens with one attached hydrogen (secondary N) is 1. The molecule has 0 bridgehead atoms. The van der Waals surface area contributed by atoms with Crippen LogP contribution in [0.3, 0.4) is 0 Å². The van der Waals surface area contributed by atoms with Crippen LogP contribution in [0.15, 0.2) is 91.3 Å². The van der Waals surface area contributed by atoms with Crippen LogP contribution in [-0.4, -0.2) is 19.8 Å². The van der Waals surface area contributed by atoms with Crippen molar-refractivity contribution in [2.75, 3.05) is 4.90 Å². The Labute approximate surface area is 184 Å². The van der Waals surface area contributed by atoms with Crippen molar-refractivity contribution in [3.63, 3.8) is 0 Å². The average Bonchev–Trinajstić information content (AvgIpc) is 3.39. The van der Waals surface area contributed by atoms with E-state index in [0.717, 1.165) is 11.4 Å². The highest BCUT2D eigenvalue weighted by Gasteiger charge is 2.43. The second-order valence-corrected chi connectivity index (χ2v) is 7.63. The Balaban J connectivity index is 1.71. The first-order valence-corrected chi connectivity index (χ1v) is 10.3. The van der Waals surface area contributed by atoms with E-state index in [1.54, 1.807) is 36.5 Å². The van der Waals surface area contributed by atoms with Gasteiger partial charge in [-0.1, -0.05) is 30.3 Å². The fraction of sp³-hybridized carbons (Fsp3) is 0.0833. The number of halogens is 1. The Hall–Kier alpha value is -3.71. The van der Waals surface area contributed by atoms with Gasteiger partial charge in [0.1, 0.15) is 17.6 Å². The summed E-state index contributed by atoms with van der Waals surface area (Å²) in [6.45, 7) is 0. The summed E-state index contributed by atoms with van der Waals surface area (Å²) < 4.78 is 16.5. The highest BCUT2D eigenvalue weighted by molar-refractivity contribution is 7.80. The predicted molar refractivity (Wildman–Crippen MR) is 122 cm³/mol. The van der Waals surface area contributed by atoms with Gasteiger partial charge in [-0.15, -0.1) is 0 Å². The molecule has 7 heteroatoms. The molecule has 0 saturated carbocycles. The lowest BCUT2D eigenvalue weighted by atomic mass is 10.0. The number of pyridine rings is 1. The molecule has 0 aliphatic carbocycles. The molecule has 0 spiro atoms. The van der Waals surface area contributed by atoms with E-state index in [1.807, 2.05) is 58.1 Å². The summed E-state index contributed by atoms with van der Waals surface area (Å²) >= 11 is 5.69. The standard InChI is InChI=1S/C24H19FN4OS/c25-16-8-1-2-10-18(16)28-15-7-12-20(28)23-22(17-9-5-6-14-26-17)27-24(31)29(23)19-11-3-4-13-21(19)30/h1-15,22-23,30H,(H,27,31). The summed E-state index contributed by atoms with van der Waals surface area (Å²) in [5.74, 6) is -0.209. The first-order chi connectivity index (χ1) is 15.1. The molecule has 1 aliphatic rings. The maximum absolute atomic E-state index is 14.7. The molecule has 4 aromatic rings. The molecule has 31 heavy (non-hydrogen) atoms. The lowest BCUT2D eigenvalue weighted by Gasteiger charge is -2.29. The Kier molecular flexibility index (Phi) is 4.88. The van der Waals surface area contributed by atoms with Gasteiger partial charge in [-0.25, -0.2) is 4.39 Å². The number of phenolic OH excluding ortho intramolecular Hbond substituents is 1. The number of benzene rings is 2. The highest BCUT2D eigenvalue weighted by Crippen LogP contribution is 2.44. The van der Waals surface area contributed by atoms with Gasteiger partial charge < -0.3 is 19.9 Å². The van der Waals surface area contributed by atoms with Gasteiger partial charge in [0.05, 0.1) is 23.1 Å². The molecule has 0 radical (unpaired) electrons. The molecule has 2 atom stereocenters. The molecule has 1 fully saturated rings. The number of para-hydroxylation sites is 3. The van der Waals surface area contributed by atoms with Crippen molar-refractivity contribution in [2.45, 2.75) is 12.1 Å². The molecule has 3 heterocycles. The molecule has 1 saturated heterocycles. The monoisotopic (exact) mass is 430 g/mol. The lowest BCUT2D eigenvalue weighted by Crippen LogP contribution is -2.30. The van der Waals surface area contributed by atoms with Crippen LogP contribution in [0.25, 0.3) is 5.69 Å². The third-order valence-electron chi connectivity index (χ3n) is 5.43. The molecule has 2 aromatic carbocycles. The van der Waals surface area contributed by atoms with E-state index >= 15 is 0 Å². The number of rotatable bonds is 4. The van der Waals surface area contributed by atoms with Crippen molar-refractivity contribution < 1.29 is 9.50 Å². The first-order valence-electron chi connectivity index (χ1n) is 9.86. The van der Waals surface area contributed by atoms with Gasteiger partial charge in [0.25, 0.3) is 0 Å². The van der Waals surface area contributed by atoms with Crippen LogP contribution in [0.1, 0.15) is 23.5 Å². The van der Waals surface area contributed by atoms with Crippen LogP contribution in [0.4, 0.5) is 10.1 Å². The molecule has 5 nitrogen and oxygen atoms in total. The molecular formula is C24H19FN4OS. The second-order valence-electron chi connectivity index (χ2n) is 7.24. The van der Waals surface area contributed by atoms with Crippen molar-refractivity contribution in [3.8, 4) is 11.4 Å². The normalized spacial score (nSPS) is 18.2. The maximum Gasteiger partial charge on any atom is 0.174 e.